The Kier molecular flexibility index (Phi) is 6.36. The van der Waals surface area contributed by atoms with Gasteiger partial charge in [-0.3, -0.25) is 0 Å². The van der Waals surface area contributed by atoms with Crippen LogP contribution in [0.1, 0.15) is 76.8 Å². The van der Waals surface area contributed by atoms with Crippen LogP contribution < -0.4 is 10.4 Å². The molecule has 1 unspecified atom stereocenters. The lowest BCUT2D eigenvalue weighted by molar-refractivity contribution is 0.966. The highest BCUT2D eigenvalue weighted by molar-refractivity contribution is 5.88. The molecule has 41 heavy (non-hydrogen) atoms. The van der Waals surface area contributed by atoms with E-state index >= 15 is 0 Å². The molecule has 5 aromatic rings. The zero-order valence-electron chi connectivity index (χ0n) is 24.4. The number of benzene rings is 5. The van der Waals surface area contributed by atoms with Gasteiger partial charge in [-0.2, -0.15) is 0 Å². The normalized spacial score (nSPS) is 14.6. The Balaban J connectivity index is 1.66. The van der Waals surface area contributed by atoms with Gasteiger partial charge in [0.1, 0.15) is 0 Å². The summed E-state index contributed by atoms with van der Waals surface area (Å²) in [5, 5.41) is 2.61. The first-order chi connectivity index (χ1) is 20.1. The summed E-state index contributed by atoms with van der Waals surface area (Å²) >= 11 is 0. The Hall–Kier alpha value is -4.42. The highest BCUT2D eigenvalue weighted by Crippen LogP contribution is 2.42. The third kappa shape index (κ3) is 4.13. The fourth-order valence-electron chi connectivity index (χ4n) is 7.16. The van der Waals surface area contributed by atoms with E-state index in [0.717, 1.165) is 12.8 Å². The zero-order chi connectivity index (χ0) is 28.1. The summed E-state index contributed by atoms with van der Waals surface area (Å²) in [7, 11) is 0. The van der Waals surface area contributed by atoms with E-state index in [1.165, 1.54) is 82.8 Å². The lowest BCUT2D eigenvalue weighted by atomic mass is 9.82. The maximum absolute atomic E-state index is 3.94. The summed E-state index contributed by atoms with van der Waals surface area (Å²) < 4.78 is 0. The first-order valence-corrected chi connectivity index (χ1v) is 15.0. The summed E-state index contributed by atoms with van der Waals surface area (Å²) in [6.07, 6.45) is 8.42. The molecule has 0 heterocycles. The van der Waals surface area contributed by atoms with Crippen molar-refractivity contribution >= 4 is 17.2 Å². The third-order valence-electron chi connectivity index (χ3n) is 9.03. The molecule has 0 nitrogen and oxygen atoms in total. The van der Waals surface area contributed by atoms with Crippen molar-refractivity contribution in [1.82, 2.24) is 0 Å². The monoisotopic (exact) mass is 527 g/mol. The number of hydrogen-bond acceptors (Lipinski definition) is 0. The van der Waals surface area contributed by atoms with Crippen LogP contribution in [0.2, 0.25) is 0 Å². The maximum Gasteiger partial charge on any atom is 0.0290 e. The van der Waals surface area contributed by atoms with E-state index in [-0.39, 0.29) is 5.92 Å². The minimum atomic E-state index is 0.203. The minimum absolute atomic E-state index is 0.203. The molecular formula is C41H35. The standard InChI is InChI=1S/C41H35/c1-5-28-20-21-33-31(23-28)24-37-35(33)25-38(40(29-15-9-7-10-16-29)30-17-11-8-12-18-30)32(6-2)41(37)36-22-27(4)39-26(3)14-13-19-34(36)39/h7-23,25,36H,5-6H2,1-4H3. The second-order valence-electron chi connectivity index (χ2n) is 11.4. The predicted octanol–water partition coefficient (Wildman–Crippen LogP) is 8.60. The van der Waals surface area contributed by atoms with Crippen molar-refractivity contribution in [2.45, 2.75) is 46.5 Å². The number of fused-ring (bicyclic) bond motifs is 4. The second-order valence-corrected chi connectivity index (χ2v) is 11.4. The van der Waals surface area contributed by atoms with Gasteiger partial charge in [0.05, 0.1) is 0 Å². The number of aryl methyl sites for hydroxylation is 2. The fraction of sp³-hybridized carbons (Fsp3) is 0.171. The van der Waals surface area contributed by atoms with Crippen LogP contribution in [0, 0.1) is 6.92 Å². The molecule has 199 valence electrons. The Labute approximate surface area is 244 Å². The van der Waals surface area contributed by atoms with Crippen molar-refractivity contribution in [3.8, 4) is 11.1 Å². The fourth-order valence-corrected chi connectivity index (χ4v) is 7.16. The van der Waals surface area contributed by atoms with Crippen LogP contribution in [0.4, 0.5) is 0 Å². The van der Waals surface area contributed by atoms with Crippen molar-refractivity contribution in [2.24, 2.45) is 0 Å². The summed E-state index contributed by atoms with van der Waals surface area (Å²) in [6.45, 7) is 9.08. The zero-order valence-corrected chi connectivity index (χ0v) is 24.4. The summed E-state index contributed by atoms with van der Waals surface area (Å²) in [5.41, 5.74) is 17.4. The number of hydrogen-bond donors (Lipinski definition) is 0. The van der Waals surface area contributed by atoms with Gasteiger partial charge in [-0.25, -0.2) is 0 Å². The number of rotatable bonds is 5. The first kappa shape index (κ1) is 25.5. The molecule has 0 bridgehead atoms. The minimum Gasteiger partial charge on any atom is -0.0690 e. The lowest BCUT2D eigenvalue weighted by Gasteiger charge is -2.21. The molecule has 0 heteroatoms. The predicted molar refractivity (Wildman–Crippen MR) is 174 cm³/mol. The van der Waals surface area contributed by atoms with E-state index in [1.54, 1.807) is 0 Å². The third-order valence-corrected chi connectivity index (χ3v) is 9.03. The SMILES string of the molecule is CCc1ccc2c(c1)[C]=c1c-2cc(=C(c2ccccc2)c2ccccc2)c(CC)c1C1C=C(C)c2c(C)cccc21. The van der Waals surface area contributed by atoms with Crippen LogP contribution in [0.25, 0.3) is 28.3 Å². The lowest BCUT2D eigenvalue weighted by Crippen LogP contribution is -2.27. The highest BCUT2D eigenvalue weighted by Gasteiger charge is 2.30. The Morgan fingerprint density at radius 1 is 0.707 bits per heavy atom. The summed E-state index contributed by atoms with van der Waals surface area (Å²) in [4.78, 5) is 0. The molecule has 1 radical (unpaired) electrons. The van der Waals surface area contributed by atoms with Gasteiger partial charge in [0.2, 0.25) is 0 Å². The van der Waals surface area contributed by atoms with E-state index in [0.29, 0.717) is 0 Å². The van der Waals surface area contributed by atoms with Crippen molar-refractivity contribution in [1.29, 1.82) is 0 Å². The Bertz CT molecular complexity index is 1910. The van der Waals surface area contributed by atoms with Crippen molar-refractivity contribution in [3.63, 3.8) is 0 Å². The van der Waals surface area contributed by atoms with Crippen LogP contribution in [0.3, 0.4) is 0 Å². The molecule has 0 spiro atoms. The van der Waals surface area contributed by atoms with E-state index in [1.807, 2.05) is 0 Å². The molecule has 0 fully saturated rings. The molecular weight excluding hydrogens is 492 g/mol. The highest BCUT2D eigenvalue weighted by atomic mass is 14.3. The van der Waals surface area contributed by atoms with Crippen LogP contribution in [0.15, 0.2) is 109 Å². The summed E-state index contributed by atoms with van der Waals surface area (Å²) in [5.74, 6) is 0.203. The number of allylic oxidation sites excluding steroid dienone is 2. The molecule has 0 aromatic heterocycles. The van der Waals surface area contributed by atoms with Crippen molar-refractivity contribution in [3.05, 3.63) is 170 Å². The van der Waals surface area contributed by atoms with Gasteiger partial charge in [-0.15, -0.1) is 0 Å². The maximum atomic E-state index is 3.94. The van der Waals surface area contributed by atoms with E-state index in [9.17, 15) is 0 Å². The van der Waals surface area contributed by atoms with E-state index < -0.39 is 0 Å². The van der Waals surface area contributed by atoms with Gasteiger partial charge < -0.3 is 0 Å². The largest absolute Gasteiger partial charge is 0.0690 e. The first-order valence-electron chi connectivity index (χ1n) is 15.0. The Morgan fingerprint density at radius 2 is 1.41 bits per heavy atom. The average Bonchev–Trinajstić information content (AvgIpc) is 3.55. The van der Waals surface area contributed by atoms with E-state index in [4.69, 9.17) is 0 Å². The van der Waals surface area contributed by atoms with Gasteiger partial charge in [0.15, 0.2) is 0 Å². The van der Waals surface area contributed by atoms with Crippen LogP contribution >= 0.6 is 0 Å². The van der Waals surface area contributed by atoms with Gasteiger partial charge in [0, 0.05) is 5.92 Å². The average molecular weight is 528 g/mol. The van der Waals surface area contributed by atoms with Crippen molar-refractivity contribution < 1.29 is 0 Å². The molecule has 2 aliphatic carbocycles. The molecule has 2 aliphatic rings. The summed E-state index contributed by atoms with van der Waals surface area (Å²) in [6, 6.07) is 38.1. The Morgan fingerprint density at radius 3 is 2.07 bits per heavy atom. The smallest absolute Gasteiger partial charge is 0.0290 e. The molecule has 5 aromatic carbocycles. The van der Waals surface area contributed by atoms with Gasteiger partial charge >= 0.3 is 0 Å². The molecule has 1 atom stereocenters. The van der Waals surface area contributed by atoms with Crippen LogP contribution in [-0.4, -0.2) is 0 Å². The quantitative estimate of drug-likeness (QED) is 0.211. The molecule has 0 amide bonds. The topological polar surface area (TPSA) is 0 Å². The molecule has 0 saturated carbocycles. The van der Waals surface area contributed by atoms with Crippen LogP contribution in [-0.2, 0) is 12.8 Å². The van der Waals surface area contributed by atoms with Crippen LogP contribution in [0.5, 0.6) is 0 Å². The van der Waals surface area contributed by atoms with Gasteiger partial charge in [-0.05, 0) is 122 Å². The second kappa shape index (κ2) is 10.2. The van der Waals surface area contributed by atoms with Gasteiger partial charge in [0.25, 0.3) is 0 Å². The molecule has 0 aliphatic heterocycles. The molecule has 7 rings (SSSR count). The van der Waals surface area contributed by atoms with Gasteiger partial charge in [-0.1, -0.05) is 117 Å². The molecule has 0 saturated heterocycles. The molecule has 0 N–H and O–H groups in total. The van der Waals surface area contributed by atoms with E-state index in [2.05, 4.69) is 143 Å². The van der Waals surface area contributed by atoms with Crippen molar-refractivity contribution in [2.75, 3.05) is 0 Å².